The average Bonchev–Trinajstić information content (AvgIpc) is 2.24. The standard InChI is InChI=1S/C16H22N2O/c1-15(2,3)12-9-11-10-17-8-7-13(11)18(14(12)19)16(4,5)6/h7-10H,1-6H3. The molecule has 2 heterocycles. The molecule has 3 nitrogen and oxygen atoms in total. The van der Waals surface area contributed by atoms with Gasteiger partial charge in [0, 0.05) is 28.9 Å². The van der Waals surface area contributed by atoms with Crippen LogP contribution in [0.15, 0.2) is 29.3 Å². The molecule has 0 aliphatic rings. The summed E-state index contributed by atoms with van der Waals surface area (Å²) in [5.41, 5.74) is 1.45. The van der Waals surface area contributed by atoms with Gasteiger partial charge in [0.25, 0.3) is 5.56 Å². The Hall–Kier alpha value is -1.64. The Kier molecular flexibility index (Phi) is 3.04. The molecule has 0 bridgehead atoms. The molecule has 0 unspecified atom stereocenters. The van der Waals surface area contributed by atoms with E-state index < -0.39 is 0 Å². The van der Waals surface area contributed by atoms with E-state index in [1.165, 1.54) is 0 Å². The van der Waals surface area contributed by atoms with Crippen molar-refractivity contribution < 1.29 is 0 Å². The lowest BCUT2D eigenvalue weighted by molar-refractivity contribution is 0.392. The van der Waals surface area contributed by atoms with E-state index >= 15 is 0 Å². The van der Waals surface area contributed by atoms with Gasteiger partial charge in [-0.25, -0.2) is 0 Å². The topological polar surface area (TPSA) is 34.9 Å². The minimum Gasteiger partial charge on any atom is -0.303 e. The maximum atomic E-state index is 12.8. The van der Waals surface area contributed by atoms with Gasteiger partial charge < -0.3 is 4.57 Å². The van der Waals surface area contributed by atoms with Gasteiger partial charge in [-0.1, -0.05) is 20.8 Å². The number of hydrogen-bond donors (Lipinski definition) is 0. The molecule has 0 fully saturated rings. The highest BCUT2D eigenvalue weighted by atomic mass is 16.1. The van der Waals surface area contributed by atoms with Crippen LogP contribution in [0.25, 0.3) is 10.9 Å². The number of pyridine rings is 2. The van der Waals surface area contributed by atoms with Gasteiger partial charge in [0.05, 0.1) is 5.52 Å². The van der Waals surface area contributed by atoms with E-state index in [9.17, 15) is 4.79 Å². The van der Waals surface area contributed by atoms with Crippen molar-refractivity contribution in [3.63, 3.8) is 0 Å². The summed E-state index contributed by atoms with van der Waals surface area (Å²) in [6.45, 7) is 12.4. The maximum Gasteiger partial charge on any atom is 0.255 e. The van der Waals surface area contributed by atoms with Crippen molar-refractivity contribution in [2.75, 3.05) is 0 Å². The van der Waals surface area contributed by atoms with Crippen LogP contribution in [-0.4, -0.2) is 9.55 Å². The Bertz CT molecular complexity index is 670. The first kappa shape index (κ1) is 13.8. The van der Waals surface area contributed by atoms with Crippen LogP contribution >= 0.6 is 0 Å². The summed E-state index contributed by atoms with van der Waals surface area (Å²) < 4.78 is 1.88. The Balaban J connectivity index is 2.99. The molecular weight excluding hydrogens is 236 g/mol. The van der Waals surface area contributed by atoms with E-state index in [0.29, 0.717) is 0 Å². The summed E-state index contributed by atoms with van der Waals surface area (Å²) in [6.07, 6.45) is 3.56. The zero-order chi connectivity index (χ0) is 14.4. The minimum atomic E-state index is -0.252. The second kappa shape index (κ2) is 4.19. The van der Waals surface area contributed by atoms with Gasteiger partial charge in [0.1, 0.15) is 0 Å². The monoisotopic (exact) mass is 258 g/mol. The lowest BCUT2D eigenvalue weighted by Crippen LogP contribution is -2.38. The van der Waals surface area contributed by atoms with Crippen LogP contribution in [-0.2, 0) is 11.0 Å². The highest BCUT2D eigenvalue weighted by molar-refractivity contribution is 5.79. The molecular formula is C16H22N2O. The first-order valence-electron chi connectivity index (χ1n) is 6.63. The molecule has 19 heavy (non-hydrogen) atoms. The van der Waals surface area contributed by atoms with Gasteiger partial charge in [-0.2, -0.15) is 0 Å². The molecule has 0 amide bonds. The van der Waals surface area contributed by atoms with E-state index in [1.54, 1.807) is 6.20 Å². The summed E-state index contributed by atoms with van der Waals surface area (Å²) in [6, 6.07) is 3.89. The molecule has 0 saturated heterocycles. The average molecular weight is 258 g/mol. The molecule has 0 aliphatic heterocycles. The van der Waals surface area contributed by atoms with Crippen molar-refractivity contribution in [3.05, 3.63) is 40.4 Å². The Labute approximate surface area is 114 Å². The van der Waals surface area contributed by atoms with E-state index in [0.717, 1.165) is 16.5 Å². The summed E-state index contributed by atoms with van der Waals surface area (Å²) >= 11 is 0. The highest BCUT2D eigenvalue weighted by Crippen LogP contribution is 2.25. The highest BCUT2D eigenvalue weighted by Gasteiger charge is 2.25. The number of nitrogens with zero attached hydrogens (tertiary/aromatic N) is 2. The zero-order valence-corrected chi connectivity index (χ0v) is 12.6. The molecule has 3 heteroatoms. The summed E-state index contributed by atoms with van der Waals surface area (Å²) in [7, 11) is 0. The van der Waals surface area contributed by atoms with Crippen molar-refractivity contribution in [2.24, 2.45) is 0 Å². The number of hydrogen-bond acceptors (Lipinski definition) is 2. The van der Waals surface area contributed by atoms with E-state index in [1.807, 2.05) is 22.9 Å². The van der Waals surface area contributed by atoms with Crippen molar-refractivity contribution >= 4 is 10.9 Å². The van der Waals surface area contributed by atoms with Gasteiger partial charge >= 0.3 is 0 Å². The maximum absolute atomic E-state index is 12.8. The fourth-order valence-corrected chi connectivity index (χ4v) is 2.36. The van der Waals surface area contributed by atoms with Gasteiger partial charge in [0.2, 0.25) is 0 Å². The quantitative estimate of drug-likeness (QED) is 0.725. The lowest BCUT2D eigenvalue weighted by Gasteiger charge is -2.28. The molecule has 0 aromatic carbocycles. The normalized spacial score (nSPS) is 12.9. The van der Waals surface area contributed by atoms with Crippen LogP contribution in [0.3, 0.4) is 0 Å². The molecule has 0 radical (unpaired) electrons. The zero-order valence-electron chi connectivity index (χ0n) is 12.6. The fourth-order valence-electron chi connectivity index (χ4n) is 2.36. The predicted octanol–water partition coefficient (Wildman–Crippen LogP) is 3.45. The van der Waals surface area contributed by atoms with Crippen LogP contribution in [0.5, 0.6) is 0 Å². The van der Waals surface area contributed by atoms with Crippen LogP contribution in [0.4, 0.5) is 0 Å². The molecule has 0 spiro atoms. The lowest BCUT2D eigenvalue weighted by atomic mass is 9.87. The fraction of sp³-hybridized carbons (Fsp3) is 0.500. The molecule has 0 N–H and O–H groups in total. The Morgan fingerprint density at radius 1 is 1.11 bits per heavy atom. The first-order valence-corrected chi connectivity index (χ1v) is 6.63. The van der Waals surface area contributed by atoms with Crippen LogP contribution < -0.4 is 5.56 Å². The Morgan fingerprint density at radius 2 is 1.74 bits per heavy atom. The third-order valence-electron chi connectivity index (χ3n) is 3.28. The third-order valence-corrected chi connectivity index (χ3v) is 3.28. The SMILES string of the molecule is CC(C)(C)c1cc2cnccc2n(C(C)(C)C)c1=O. The first-order chi connectivity index (χ1) is 8.62. The molecule has 2 aromatic rings. The molecule has 0 aliphatic carbocycles. The van der Waals surface area contributed by atoms with Crippen LogP contribution in [0.1, 0.15) is 47.1 Å². The predicted molar refractivity (Wildman–Crippen MR) is 79.7 cm³/mol. The molecule has 102 valence electrons. The summed E-state index contributed by atoms with van der Waals surface area (Å²) in [4.78, 5) is 17.0. The van der Waals surface area contributed by atoms with Gasteiger partial charge in [-0.05, 0) is 38.3 Å². The van der Waals surface area contributed by atoms with Crippen molar-refractivity contribution in [3.8, 4) is 0 Å². The largest absolute Gasteiger partial charge is 0.303 e. The van der Waals surface area contributed by atoms with E-state index in [-0.39, 0.29) is 16.5 Å². The molecule has 2 aromatic heterocycles. The third kappa shape index (κ3) is 2.42. The minimum absolute atomic E-state index is 0.0960. The second-order valence-electron chi connectivity index (χ2n) is 7.05. The number of aromatic nitrogens is 2. The molecule has 0 atom stereocenters. The van der Waals surface area contributed by atoms with Gasteiger partial charge in [-0.15, -0.1) is 0 Å². The van der Waals surface area contributed by atoms with E-state index in [4.69, 9.17) is 0 Å². The number of fused-ring (bicyclic) bond motifs is 1. The van der Waals surface area contributed by atoms with Gasteiger partial charge in [-0.3, -0.25) is 9.78 Å². The van der Waals surface area contributed by atoms with Crippen LogP contribution in [0.2, 0.25) is 0 Å². The van der Waals surface area contributed by atoms with E-state index in [2.05, 4.69) is 46.5 Å². The summed E-state index contributed by atoms with van der Waals surface area (Å²) in [5.74, 6) is 0. The molecule has 2 rings (SSSR count). The van der Waals surface area contributed by atoms with Crippen molar-refractivity contribution in [2.45, 2.75) is 52.5 Å². The number of rotatable bonds is 0. The smallest absolute Gasteiger partial charge is 0.255 e. The molecule has 0 saturated carbocycles. The Morgan fingerprint density at radius 3 is 2.26 bits per heavy atom. The van der Waals surface area contributed by atoms with Gasteiger partial charge in [0.15, 0.2) is 0 Å². The van der Waals surface area contributed by atoms with Crippen molar-refractivity contribution in [1.29, 1.82) is 0 Å². The van der Waals surface area contributed by atoms with Crippen molar-refractivity contribution in [1.82, 2.24) is 9.55 Å². The van der Waals surface area contributed by atoms with Crippen LogP contribution in [0, 0.1) is 0 Å². The second-order valence-corrected chi connectivity index (χ2v) is 7.05. The summed E-state index contributed by atoms with van der Waals surface area (Å²) in [5, 5.41) is 1.02.